The number of pyridine rings is 1. The predicted molar refractivity (Wildman–Crippen MR) is 96.6 cm³/mol. The highest BCUT2D eigenvalue weighted by molar-refractivity contribution is 5.75. The third-order valence-electron chi connectivity index (χ3n) is 3.76. The van der Waals surface area contributed by atoms with Crippen LogP contribution >= 0.6 is 0 Å². The van der Waals surface area contributed by atoms with Gasteiger partial charge in [-0.25, -0.2) is 4.68 Å². The van der Waals surface area contributed by atoms with E-state index in [2.05, 4.69) is 15.4 Å². The topological polar surface area (TPSA) is 86.1 Å². The van der Waals surface area contributed by atoms with E-state index >= 15 is 0 Å². The van der Waals surface area contributed by atoms with Crippen LogP contribution in [0.15, 0.2) is 65.7 Å². The number of carbonyl (C=O) groups excluding carboxylic acids is 1. The van der Waals surface area contributed by atoms with Crippen molar-refractivity contribution in [2.24, 2.45) is 0 Å². The average molecular weight is 350 g/mol. The summed E-state index contributed by atoms with van der Waals surface area (Å²) < 4.78 is 6.31. The first-order valence-corrected chi connectivity index (χ1v) is 8.04. The molecule has 1 amide bonds. The number of methoxy groups -OCH3 is 1. The molecule has 3 aromatic rings. The highest BCUT2D eigenvalue weighted by Gasteiger charge is 2.08. The summed E-state index contributed by atoms with van der Waals surface area (Å²) in [5.74, 6) is 0.425. The highest BCUT2D eigenvalue weighted by atomic mass is 16.5. The molecular formula is C19H18N4O3. The normalized spacial score (nSPS) is 10.3. The van der Waals surface area contributed by atoms with E-state index in [0.29, 0.717) is 12.2 Å². The first-order valence-electron chi connectivity index (χ1n) is 8.04. The quantitative estimate of drug-likeness (QED) is 0.730. The van der Waals surface area contributed by atoms with Crippen LogP contribution in [0.3, 0.4) is 0 Å². The maximum Gasteiger partial charge on any atom is 0.267 e. The lowest BCUT2D eigenvalue weighted by molar-refractivity contribution is -0.122. The Morgan fingerprint density at radius 3 is 2.73 bits per heavy atom. The van der Waals surface area contributed by atoms with Gasteiger partial charge < -0.3 is 10.1 Å². The minimum atomic E-state index is -0.334. The van der Waals surface area contributed by atoms with E-state index in [1.54, 1.807) is 37.7 Å². The standard InChI is InChI=1S/C19H18N4O3/c1-26-16-4-2-3-14(11-16)12-21-18(24)13-23-19(25)6-5-17(22-23)15-7-9-20-10-8-15/h2-11H,12-13H2,1H3,(H,21,24). The molecular weight excluding hydrogens is 332 g/mol. The Bertz CT molecular complexity index is 954. The second kappa shape index (κ2) is 8.06. The summed E-state index contributed by atoms with van der Waals surface area (Å²) in [6.45, 7) is 0.191. The SMILES string of the molecule is COc1cccc(CNC(=O)Cn2nc(-c3ccncc3)ccc2=O)c1. The molecule has 0 aliphatic rings. The minimum Gasteiger partial charge on any atom is -0.497 e. The lowest BCUT2D eigenvalue weighted by atomic mass is 10.2. The van der Waals surface area contributed by atoms with Crippen LogP contribution in [0, 0.1) is 0 Å². The Labute approximate surface area is 150 Å². The van der Waals surface area contributed by atoms with Gasteiger partial charge in [0.25, 0.3) is 5.56 Å². The summed E-state index contributed by atoms with van der Waals surface area (Å²) in [5.41, 5.74) is 2.00. The van der Waals surface area contributed by atoms with Crippen LogP contribution in [0.25, 0.3) is 11.3 Å². The van der Waals surface area contributed by atoms with Crippen molar-refractivity contribution in [3.8, 4) is 17.0 Å². The fourth-order valence-electron chi connectivity index (χ4n) is 2.41. The van der Waals surface area contributed by atoms with Gasteiger partial charge in [0.1, 0.15) is 12.3 Å². The van der Waals surface area contributed by atoms with Gasteiger partial charge in [0.2, 0.25) is 5.91 Å². The van der Waals surface area contributed by atoms with E-state index in [1.165, 1.54) is 6.07 Å². The first kappa shape index (κ1) is 17.3. The van der Waals surface area contributed by atoms with E-state index in [1.807, 2.05) is 24.3 Å². The van der Waals surface area contributed by atoms with Crippen LogP contribution in [0.1, 0.15) is 5.56 Å². The molecule has 0 fully saturated rings. The summed E-state index contributed by atoms with van der Waals surface area (Å²) in [5, 5.41) is 7.04. The first-order chi connectivity index (χ1) is 12.7. The largest absolute Gasteiger partial charge is 0.497 e. The lowest BCUT2D eigenvalue weighted by Crippen LogP contribution is -2.33. The third-order valence-corrected chi connectivity index (χ3v) is 3.76. The summed E-state index contributed by atoms with van der Waals surface area (Å²) >= 11 is 0. The number of aromatic nitrogens is 3. The monoisotopic (exact) mass is 350 g/mol. The zero-order valence-corrected chi connectivity index (χ0v) is 14.3. The van der Waals surface area contributed by atoms with Crippen molar-refractivity contribution in [2.45, 2.75) is 13.1 Å². The van der Waals surface area contributed by atoms with Crippen LogP contribution < -0.4 is 15.6 Å². The van der Waals surface area contributed by atoms with Gasteiger partial charge >= 0.3 is 0 Å². The Hall–Kier alpha value is -3.48. The maximum absolute atomic E-state index is 12.2. The van der Waals surface area contributed by atoms with Gasteiger partial charge in [0, 0.05) is 30.6 Å². The molecule has 2 aromatic heterocycles. The molecule has 1 aromatic carbocycles. The van der Waals surface area contributed by atoms with E-state index in [9.17, 15) is 9.59 Å². The van der Waals surface area contributed by atoms with Gasteiger partial charge in [-0.1, -0.05) is 12.1 Å². The van der Waals surface area contributed by atoms with Crippen LogP contribution in [-0.4, -0.2) is 27.8 Å². The molecule has 132 valence electrons. The van der Waals surface area contributed by atoms with Crippen molar-refractivity contribution >= 4 is 5.91 Å². The highest BCUT2D eigenvalue weighted by Crippen LogP contribution is 2.13. The number of nitrogens with one attached hydrogen (secondary N) is 1. The average Bonchev–Trinajstić information content (AvgIpc) is 2.69. The number of nitrogens with zero attached hydrogens (tertiary/aromatic N) is 3. The van der Waals surface area contributed by atoms with E-state index < -0.39 is 0 Å². The molecule has 1 N–H and O–H groups in total. The van der Waals surface area contributed by atoms with Crippen molar-refractivity contribution < 1.29 is 9.53 Å². The van der Waals surface area contributed by atoms with Gasteiger partial charge in [0.05, 0.1) is 12.8 Å². The lowest BCUT2D eigenvalue weighted by Gasteiger charge is -2.09. The molecule has 0 aliphatic carbocycles. The van der Waals surface area contributed by atoms with Gasteiger partial charge in [-0.05, 0) is 35.9 Å². The molecule has 7 nitrogen and oxygen atoms in total. The molecule has 0 unspecified atom stereocenters. The van der Waals surface area contributed by atoms with Gasteiger partial charge in [-0.2, -0.15) is 5.10 Å². The van der Waals surface area contributed by atoms with Crippen molar-refractivity contribution in [1.29, 1.82) is 0 Å². The third kappa shape index (κ3) is 4.32. The zero-order chi connectivity index (χ0) is 18.4. The van der Waals surface area contributed by atoms with Gasteiger partial charge in [-0.3, -0.25) is 14.6 Å². The zero-order valence-electron chi connectivity index (χ0n) is 14.3. The molecule has 0 aliphatic heterocycles. The van der Waals surface area contributed by atoms with Crippen LogP contribution in [0.2, 0.25) is 0 Å². The molecule has 7 heteroatoms. The van der Waals surface area contributed by atoms with Crippen molar-refractivity contribution in [2.75, 3.05) is 7.11 Å². The Kier molecular flexibility index (Phi) is 5.38. The van der Waals surface area contributed by atoms with Crippen molar-refractivity contribution in [1.82, 2.24) is 20.1 Å². The number of ether oxygens (including phenoxy) is 1. The number of hydrogen-bond acceptors (Lipinski definition) is 5. The fraction of sp³-hybridized carbons (Fsp3) is 0.158. The van der Waals surface area contributed by atoms with Crippen LogP contribution in [0.5, 0.6) is 5.75 Å². The molecule has 0 saturated heterocycles. The summed E-state index contributed by atoms with van der Waals surface area (Å²) in [6, 6.07) is 14.0. The molecule has 0 radical (unpaired) electrons. The summed E-state index contributed by atoms with van der Waals surface area (Å²) in [7, 11) is 1.59. The Balaban J connectivity index is 1.68. The maximum atomic E-state index is 12.2. The van der Waals surface area contributed by atoms with E-state index in [-0.39, 0.29) is 18.0 Å². The number of amides is 1. The summed E-state index contributed by atoms with van der Waals surface area (Å²) in [6.07, 6.45) is 3.29. The van der Waals surface area contributed by atoms with Crippen molar-refractivity contribution in [3.05, 3.63) is 76.8 Å². The van der Waals surface area contributed by atoms with Crippen LogP contribution in [0.4, 0.5) is 0 Å². The number of hydrogen-bond donors (Lipinski definition) is 1. The molecule has 0 atom stereocenters. The second-order valence-electron chi connectivity index (χ2n) is 5.58. The number of benzene rings is 1. The van der Waals surface area contributed by atoms with Gasteiger partial charge in [-0.15, -0.1) is 0 Å². The van der Waals surface area contributed by atoms with Crippen molar-refractivity contribution in [3.63, 3.8) is 0 Å². The van der Waals surface area contributed by atoms with Gasteiger partial charge in [0.15, 0.2) is 0 Å². The predicted octanol–water partition coefficient (Wildman–Crippen LogP) is 1.63. The molecule has 0 bridgehead atoms. The number of rotatable bonds is 6. The smallest absolute Gasteiger partial charge is 0.267 e. The molecule has 2 heterocycles. The summed E-state index contributed by atoms with van der Waals surface area (Å²) in [4.78, 5) is 28.1. The Morgan fingerprint density at radius 2 is 1.96 bits per heavy atom. The molecule has 0 spiro atoms. The minimum absolute atomic E-state index is 0.151. The molecule has 3 rings (SSSR count). The van der Waals surface area contributed by atoms with Crippen LogP contribution in [-0.2, 0) is 17.9 Å². The number of carbonyl (C=O) groups is 1. The van der Waals surface area contributed by atoms with E-state index in [0.717, 1.165) is 21.6 Å². The second-order valence-corrected chi connectivity index (χ2v) is 5.58. The Morgan fingerprint density at radius 1 is 1.15 bits per heavy atom. The fourth-order valence-corrected chi connectivity index (χ4v) is 2.41. The van der Waals surface area contributed by atoms with E-state index in [4.69, 9.17) is 4.74 Å². The molecule has 26 heavy (non-hydrogen) atoms. The molecule has 0 saturated carbocycles.